The standard InChI is InChI=1S/C8H11N5S/c1-13-4-7(10-5-13)2-3-9-8-12-11-6-14-8/h4-6H,2-3H2,1H3,(H,9,12). The Morgan fingerprint density at radius 3 is 3.14 bits per heavy atom. The molecule has 0 aliphatic carbocycles. The van der Waals surface area contributed by atoms with Gasteiger partial charge in [-0.15, -0.1) is 10.2 Å². The van der Waals surface area contributed by atoms with Gasteiger partial charge in [-0.25, -0.2) is 4.98 Å². The zero-order valence-corrected chi connectivity index (χ0v) is 8.66. The van der Waals surface area contributed by atoms with Crippen molar-refractivity contribution < 1.29 is 0 Å². The number of imidazole rings is 1. The molecule has 6 heteroatoms. The summed E-state index contributed by atoms with van der Waals surface area (Å²) in [6.07, 6.45) is 4.72. The Morgan fingerprint density at radius 2 is 2.50 bits per heavy atom. The number of hydrogen-bond donors (Lipinski definition) is 1. The van der Waals surface area contributed by atoms with Crippen molar-refractivity contribution in [3.8, 4) is 0 Å². The van der Waals surface area contributed by atoms with E-state index >= 15 is 0 Å². The SMILES string of the molecule is Cn1cnc(CCNc2nncs2)c1. The van der Waals surface area contributed by atoms with Crippen LogP contribution in [0.25, 0.3) is 0 Å². The minimum Gasteiger partial charge on any atom is -0.360 e. The van der Waals surface area contributed by atoms with Gasteiger partial charge in [0.1, 0.15) is 5.51 Å². The first-order valence-electron chi connectivity index (χ1n) is 4.31. The molecule has 2 aromatic heterocycles. The highest BCUT2D eigenvalue weighted by Crippen LogP contribution is 2.07. The van der Waals surface area contributed by atoms with Crippen LogP contribution in [0, 0.1) is 0 Å². The molecule has 0 radical (unpaired) electrons. The van der Waals surface area contributed by atoms with Gasteiger partial charge in [-0.1, -0.05) is 11.3 Å². The smallest absolute Gasteiger partial charge is 0.205 e. The molecule has 0 unspecified atom stereocenters. The Morgan fingerprint density at radius 1 is 1.57 bits per heavy atom. The fourth-order valence-electron chi connectivity index (χ4n) is 1.14. The highest BCUT2D eigenvalue weighted by molar-refractivity contribution is 7.13. The number of nitrogens with one attached hydrogen (secondary N) is 1. The van der Waals surface area contributed by atoms with Crippen LogP contribution in [0.4, 0.5) is 5.13 Å². The molecular formula is C8H11N5S. The fraction of sp³-hybridized carbons (Fsp3) is 0.375. The molecule has 0 fully saturated rings. The lowest BCUT2D eigenvalue weighted by molar-refractivity contribution is 0.910. The van der Waals surface area contributed by atoms with E-state index in [0.717, 1.165) is 23.8 Å². The largest absolute Gasteiger partial charge is 0.360 e. The number of aryl methyl sites for hydroxylation is 1. The first-order valence-corrected chi connectivity index (χ1v) is 5.19. The molecule has 0 aliphatic heterocycles. The Bertz CT molecular complexity index is 380. The molecule has 0 saturated carbocycles. The Labute approximate surface area is 85.8 Å². The second-order valence-electron chi connectivity index (χ2n) is 2.95. The number of aromatic nitrogens is 4. The third kappa shape index (κ3) is 2.29. The van der Waals surface area contributed by atoms with Gasteiger partial charge in [-0.05, 0) is 0 Å². The summed E-state index contributed by atoms with van der Waals surface area (Å²) >= 11 is 1.50. The maximum absolute atomic E-state index is 4.22. The van der Waals surface area contributed by atoms with E-state index in [0.29, 0.717) is 0 Å². The van der Waals surface area contributed by atoms with Crippen LogP contribution in [0.5, 0.6) is 0 Å². The average molecular weight is 209 g/mol. The summed E-state index contributed by atoms with van der Waals surface area (Å²) in [5.41, 5.74) is 2.80. The minimum atomic E-state index is 0.839. The molecule has 0 saturated heterocycles. The van der Waals surface area contributed by atoms with Crippen molar-refractivity contribution in [3.05, 3.63) is 23.7 Å². The molecule has 0 aromatic carbocycles. The van der Waals surface area contributed by atoms with Gasteiger partial charge in [0.25, 0.3) is 0 Å². The molecule has 0 atom stereocenters. The van der Waals surface area contributed by atoms with Crippen molar-refractivity contribution in [2.45, 2.75) is 6.42 Å². The summed E-state index contributed by atoms with van der Waals surface area (Å²) in [4.78, 5) is 4.22. The van der Waals surface area contributed by atoms with Crippen LogP contribution < -0.4 is 5.32 Å². The van der Waals surface area contributed by atoms with Crippen LogP contribution in [0.3, 0.4) is 0 Å². The molecule has 0 amide bonds. The topological polar surface area (TPSA) is 55.6 Å². The van der Waals surface area contributed by atoms with Gasteiger partial charge in [-0.2, -0.15) is 0 Å². The molecule has 14 heavy (non-hydrogen) atoms. The maximum Gasteiger partial charge on any atom is 0.205 e. The summed E-state index contributed by atoms with van der Waals surface area (Å²) in [6.45, 7) is 0.839. The van der Waals surface area contributed by atoms with E-state index in [4.69, 9.17) is 0 Å². The van der Waals surface area contributed by atoms with E-state index in [1.165, 1.54) is 11.3 Å². The first kappa shape index (κ1) is 9.14. The van der Waals surface area contributed by atoms with E-state index in [1.807, 2.05) is 17.8 Å². The molecule has 2 rings (SSSR count). The molecular weight excluding hydrogens is 198 g/mol. The predicted octanol–water partition coefficient (Wildman–Crippen LogP) is 0.926. The molecule has 0 bridgehead atoms. The van der Waals surface area contributed by atoms with Crippen LogP contribution in [-0.4, -0.2) is 26.3 Å². The summed E-state index contributed by atoms with van der Waals surface area (Å²) in [7, 11) is 1.97. The van der Waals surface area contributed by atoms with Crippen LogP contribution >= 0.6 is 11.3 Å². The Balaban J connectivity index is 1.78. The number of anilines is 1. The molecule has 0 aliphatic rings. The first-order chi connectivity index (χ1) is 6.84. The number of hydrogen-bond acceptors (Lipinski definition) is 5. The van der Waals surface area contributed by atoms with Crippen molar-refractivity contribution in [2.24, 2.45) is 7.05 Å². The van der Waals surface area contributed by atoms with Crippen LogP contribution in [0.2, 0.25) is 0 Å². The summed E-state index contributed by atoms with van der Waals surface area (Å²) in [5.74, 6) is 0. The molecule has 0 spiro atoms. The van der Waals surface area contributed by atoms with E-state index in [2.05, 4.69) is 20.5 Å². The molecule has 1 N–H and O–H groups in total. The lowest BCUT2D eigenvalue weighted by Crippen LogP contribution is -2.04. The van der Waals surface area contributed by atoms with Crippen LogP contribution in [0.1, 0.15) is 5.69 Å². The number of nitrogens with zero attached hydrogens (tertiary/aromatic N) is 4. The van der Waals surface area contributed by atoms with E-state index in [9.17, 15) is 0 Å². The molecule has 5 nitrogen and oxygen atoms in total. The van der Waals surface area contributed by atoms with Gasteiger partial charge in [0.05, 0.1) is 12.0 Å². The van der Waals surface area contributed by atoms with Crippen LogP contribution in [-0.2, 0) is 13.5 Å². The maximum atomic E-state index is 4.22. The van der Waals surface area contributed by atoms with Gasteiger partial charge in [0.15, 0.2) is 0 Å². The van der Waals surface area contributed by atoms with E-state index in [1.54, 1.807) is 11.8 Å². The van der Waals surface area contributed by atoms with Crippen molar-refractivity contribution in [2.75, 3.05) is 11.9 Å². The summed E-state index contributed by atoms with van der Waals surface area (Å²) < 4.78 is 1.94. The Kier molecular flexibility index (Phi) is 2.73. The molecule has 2 aromatic rings. The lowest BCUT2D eigenvalue weighted by Gasteiger charge is -1.98. The van der Waals surface area contributed by atoms with Gasteiger partial charge in [-0.3, -0.25) is 0 Å². The van der Waals surface area contributed by atoms with Gasteiger partial charge in [0, 0.05) is 26.2 Å². The summed E-state index contributed by atoms with van der Waals surface area (Å²) in [6, 6.07) is 0. The van der Waals surface area contributed by atoms with Crippen molar-refractivity contribution in [1.82, 2.24) is 19.7 Å². The highest BCUT2D eigenvalue weighted by atomic mass is 32.1. The zero-order valence-electron chi connectivity index (χ0n) is 7.84. The predicted molar refractivity (Wildman–Crippen MR) is 55.3 cm³/mol. The molecule has 74 valence electrons. The van der Waals surface area contributed by atoms with Crippen molar-refractivity contribution in [1.29, 1.82) is 0 Å². The second kappa shape index (κ2) is 4.19. The highest BCUT2D eigenvalue weighted by Gasteiger charge is 1.98. The minimum absolute atomic E-state index is 0.839. The monoisotopic (exact) mass is 209 g/mol. The zero-order chi connectivity index (χ0) is 9.80. The summed E-state index contributed by atoms with van der Waals surface area (Å²) in [5, 5.41) is 11.7. The fourth-order valence-corrected chi connectivity index (χ4v) is 1.62. The lowest BCUT2D eigenvalue weighted by atomic mass is 10.3. The second-order valence-corrected chi connectivity index (χ2v) is 3.78. The third-order valence-corrected chi connectivity index (χ3v) is 2.42. The normalized spacial score (nSPS) is 10.4. The van der Waals surface area contributed by atoms with Crippen molar-refractivity contribution >= 4 is 16.5 Å². The van der Waals surface area contributed by atoms with Crippen molar-refractivity contribution in [3.63, 3.8) is 0 Å². The van der Waals surface area contributed by atoms with Gasteiger partial charge < -0.3 is 9.88 Å². The average Bonchev–Trinajstić information content (AvgIpc) is 2.77. The van der Waals surface area contributed by atoms with Gasteiger partial charge in [0.2, 0.25) is 5.13 Å². The van der Waals surface area contributed by atoms with Gasteiger partial charge >= 0.3 is 0 Å². The molecule has 2 heterocycles. The third-order valence-electron chi connectivity index (χ3n) is 1.78. The van der Waals surface area contributed by atoms with Crippen LogP contribution in [0.15, 0.2) is 18.0 Å². The number of rotatable bonds is 4. The Hall–Kier alpha value is -1.43. The quantitative estimate of drug-likeness (QED) is 0.813. The van der Waals surface area contributed by atoms with E-state index < -0.39 is 0 Å². The van der Waals surface area contributed by atoms with E-state index in [-0.39, 0.29) is 0 Å².